The van der Waals surface area contributed by atoms with Gasteiger partial charge in [0.1, 0.15) is 0 Å². The number of aromatic nitrogens is 2. The van der Waals surface area contributed by atoms with Crippen molar-refractivity contribution in [2.24, 2.45) is 28.8 Å². The maximum absolute atomic E-state index is 4.96. The van der Waals surface area contributed by atoms with Gasteiger partial charge in [-0.3, -0.25) is 4.99 Å². The second-order valence-electron chi connectivity index (χ2n) is 6.99. The van der Waals surface area contributed by atoms with Crippen LogP contribution in [-0.4, -0.2) is 27.6 Å². The predicted octanol–water partition coefficient (Wildman–Crippen LogP) is 3.80. The molecule has 0 radical (unpaired) electrons. The number of rotatable bonds is 4. The Morgan fingerprint density at radius 3 is 2.80 bits per heavy atom. The highest BCUT2D eigenvalue weighted by Crippen LogP contribution is 2.63. The zero-order valence-corrected chi connectivity index (χ0v) is 13.8. The van der Waals surface area contributed by atoms with Crippen molar-refractivity contribution in [3.05, 3.63) is 12.4 Å². The molecular formula is C16H25N3S. The molecular weight excluding hydrogens is 266 g/mol. The summed E-state index contributed by atoms with van der Waals surface area (Å²) >= 11 is 1.80. The van der Waals surface area contributed by atoms with E-state index in [2.05, 4.69) is 30.3 Å². The molecule has 3 nitrogen and oxygen atoms in total. The van der Waals surface area contributed by atoms with Gasteiger partial charge in [-0.25, -0.2) is 4.98 Å². The second kappa shape index (κ2) is 4.90. The standard InChI is InChI=1S/C16H25N3S/c1-15(2)12-5-6-16(15,3)13(11-12)17-8-10-20-14-18-7-9-19(14)4/h7,9,12H,5-6,8,10-11H2,1-4H3/t12-,16+/m1/s1. The fourth-order valence-electron chi connectivity index (χ4n) is 3.98. The molecule has 0 amide bonds. The minimum atomic E-state index is 0.353. The highest BCUT2D eigenvalue weighted by Gasteiger charge is 2.59. The summed E-state index contributed by atoms with van der Waals surface area (Å²) in [5.74, 6) is 1.88. The van der Waals surface area contributed by atoms with Crippen molar-refractivity contribution in [3.63, 3.8) is 0 Å². The van der Waals surface area contributed by atoms with Crippen molar-refractivity contribution in [1.29, 1.82) is 0 Å². The Morgan fingerprint density at radius 2 is 2.25 bits per heavy atom. The quantitative estimate of drug-likeness (QED) is 0.624. The van der Waals surface area contributed by atoms with E-state index in [0.717, 1.165) is 23.4 Å². The number of nitrogens with zero attached hydrogens (tertiary/aromatic N) is 3. The van der Waals surface area contributed by atoms with E-state index in [1.54, 1.807) is 11.8 Å². The number of hydrogen-bond acceptors (Lipinski definition) is 3. The molecule has 2 bridgehead atoms. The number of thioether (sulfide) groups is 1. The summed E-state index contributed by atoms with van der Waals surface area (Å²) in [7, 11) is 2.04. The first kappa shape index (κ1) is 14.2. The smallest absolute Gasteiger partial charge is 0.167 e. The van der Waals surface area contributed by atoms with E-state index in [4.69, 9.17) is 4.99 Å². The van der Waals surface area contributed by atoms with Crippen LogP contribution in [0.15, 0.2) is 22.5 Å². The molecule has 1 heterocycles. The molecule has 0 aromatic carbocycles. The van der Waals surface area contributed by atoms with E-state index < -0.39 is 0 Å². The van der Waals surface area contributed by atoms with Crippen molar-refractivity contribution in [1.82, 2.24) is 9.55 Å². The van der Waals surface area contributed by atoms with E-state index in [-0.39, 0.29) is 0 Å². The molecule has 4 heteroatoms. The summed E-state index contributed by atoms with van der Waals surface area (Å²) < 4.78 is 2.07. The average molecular weight is 291 g/mol. The van der Waals surface area contributed by atoms with E-state index in [1.807, 2.05) is 19.4 Å². The number of hydrogen-bond donors (Lipinski definition) is 0. The van der Waals surface area contributed by atoms with Crippen molar-refractivity contribution in [3.8, 4) is 0 Å². The largest absolute Gasteiger partial charge is 0.329 e. The molecule has 0 aliphatic heterocycles. The maximum Gasteiger partial charge on any atom is 0.167 e. The highest BCUT2D eigenvalue weighted by atomic mass is 32.2. The molecule has 2 saturated carbocycles. The van der Waals surface area contributed by atoms with Crippen LogP contribution < -0.4 is 0 Å². The van der Waals surface area contributed by atoms with Crippen molar-refractivity contribution in [2.75, 3.05) is 12.3 Å². The van der Waals surface area contributed by atoms with Gasteiger partial charge in [0.25, 0.3) is 0 Å². The van der Waals surface area contributed by atoms with Crippen LogP contribution in [0.4, 0.5) is 0 Å². The topological polar surface area (TPSA) is 30.2 Å². The van der Waals surface area contributed by atoms with Gasteiger partial charge in [0.15, 0.2) is 5.16 Å². The summed E-state index contributed by atoms with van der Waals surface area (Å²) in [5.41, 5.74) is 2.28. The lowest BCUT2D eigenvalue weighted by Gasteiger charge is -2.34. The van der Waals surface area contributed by atoms with E-state index in [1.165, 1.54) is 25.0 Å². The molecule has 110 valence electrons. The van der Waals surface area contributed by atoms with Crippen molar-refractivity contribution >= 4 is 17.5 Å². The van der Waals surface area contributed by atoms with Gasteiger partial charge in [-0.1, -0.05) is 32.5 Å². The third-order valence-electron chi connectivity index (χ3n) is 5.91. The van der Waals surface area contributed by atoms with Crippen LogP contribution in [0, 0.1) is 16.7 Å². The Bertz CT molecular complexity index is 532. The van der Waals surface area contributed by atoms with Crippen LogP contribution >= 0.6 is 11.8 Å². The predicted molar refractivity (Wildman–Crippen MR) is 85.5 cm³/mol. The Kier molecular flexibility index (Phi) is 3.47. The Morgan fingerprint density at radius 1 is 1.45 bits per heavy atom. The summed E-state index contributed by atoms with van der Waals surface area (Å²) in [6.45, 7) is 8.24. The normalized spacial score (nSPS) is 33.2. The fourth-order valence-corrected chi connectivity index (χ4v) is 4.74. The Labute approximate surface area is 126 Å². The molecule has 3 rings (SSSR count). The van der Waals surface area contributed by atoms with E-state index in [0.29, 0.717) is 10.8 Å². The molecule has 2 aliphatic carbocycles. The molecule has 2 aliphatic rings. The number of aliphatic imine (C=N–C) groups is 1. The van der Waals surface area contributed by atoms with Crippen LogP contribution in [0.1, 0.15) is 40.0 Å². The number of imidazole rings is 1. The van der Waals surface area contributed by atoms with Crippen LogP contribution in [0.5, 0.6) is 0 Å². The van der Waals surface area contributed by atoms with Gasteiger partial charge in [-0.15, -0.1) is 0 Å². The SMILES string of the molecule is Cn1ccnc1SCCN=C1C[C@H]2CC[C@]1(C)C2(C)C. The zero-order valence-electron chi connectivity index (χ0n) is 13.0. The summed E-state index contributed by atoms with van der Waals surface area (Å²) in [6.07, 6.45) is 7.80. The van der Waals surface area contributed by atoms with Gasteiger partial charge in [-0.05, 0) is 30.6 Å². The van der Waals surface area contributed by atoms with Crippen LogP contribution in [0.2, 0.25) is 0 Å². The fraction of sp³-hybridized carbons (Fsp3) is 0.750. The third-order valence-corrected chi connectivity index (χ3v) is 6.95. The Hall–Kier alpha value is -0.770. The Balaban J connectivity index is 1.60. The lowest BCUT2D eigenvalue weighted by molar-refractivity contribution is 0.194. The van der Waals surface area contributed by atoms with Gasteiger partial charge in [0, 0.05) is 42.9 Å². The molecule has 0 saturated heterocycles. The van der Waals surface area contributed by atoms with Gasteiger partial charge in [-0.2, -0.15) is 0 Å². The number of fused-ring (bicyclic) bond motifs is 2. The van der Waals surface area contributed by atoms with Gasteiger partial charge in [0.2, 0.25) is 0 Å². The van der Waals surface area contributed by atoms with E-state index in [9.17, 15) is 0 Å². The average Bonchev–Trinajstić information content (AvgIpc) is 2.95. The van der Waals surface area contributed by atoms with Crippen molar-refractivity contribution < 1.29 is 0 Å². The van der Waals surface area contributed by atoms with Crippen LogP contribution in [0.25, 0.3) is 0 Å². The maximum atomic E-state index is 4.96. The van der Waals surface area contributed by atoms with Crippen LogP contribution in [0.3, 0.4) is 0 Å². The minimum Gasteiger partial charge on any atom is -0.329 e. The molecule has 1 aromatic heterocycles. The lowest BCUT2D eigenvalue weighted by atomic mass is 9.70. The summed E-state index contributed by atoms with van der Waals surface area (Å²) in [6, 6.07) is 0. The third kappa shape index (κ3) is 2.03. The molecule has 20 heavy (non-hydrogen) atoms. The monoisotopic (exact) mass is 291 g/mol. The van der Waals surface area contributed by atoms with Crippen LogP contribution in [-0.2, 0) is 7.05 Å². The first-order valence-corrected chi connectivity index (χ1v) is 8.57. The van der Waals surface area contributed by atoms with Gasteiger partial charge < -0.3 is 4.57 Å². The first-order chi connectivity index (χ1) is 9.45. The first-order valence-electron chi connectivity index (χ1n) is 7.59. The van der Waals surface area contributed by atoms with Gasteiger partial charge >= 0.3 is 0 Å². The lowest BCUT2D eigenvalue weighted by Crippen LogP contribution is -2.32. The van der Waals surface area contributed by atoms with E-state index >= 15 is 0 Å². The molecule has 2 atom stereocenters. The summed E-state index contributed by atoms with van der Waals surface area (Å²) in [5, 5.41) is 1.09. The zero-order chi connectivity index (χ0) is 14.4. The van der Waals surface area contributed by atoms with Gasteiger partial charge in [0.05, 0.1) is 0 Å². The second-order valence-corrected chi connectivity index (χ2v) is 8.05. The molecule has 0 unspecified atom stereocenters. The molecule has 2 fully saturated rings. The molecule has 0 spiro atoms. The minimum absolute atomic E-state index is 0.353. The highest BCUT2D eigenvalue weighted by molar-refractivity contribution is 7.99. The molecule has 1 aromatic rings. The number of aryl methyl sites for hydroxylation is 1. The van der Waals surface area contributed by atoms with Crippen molar-refractivity contribution in [2.45, 2.75) is 45.2 Å². The summed E-state index contributed by atoms with van der Waals surface area (Å²) in [4.78, 5) is 9.30. The molecule has 0 N–H and O–H groups in total.